The zero-order chi connectivity index (χ0) is 14.8. The van der Waals surface area contributed by atoms with Gasteiger partial charge in [0.2, 0.25) is 0 Å². The third kappa shape index (κ3) is 3.29. The fourth-order valence-electron chi connectivity index (χ4n) is 2.13. The Morgan fingerprint density at radius 1 is 0.762 bits per heavy atom. The van der Waals surface area contributed by atoms with Crippen LogP contribution in [-0.2, 0) is 12.8 Å². The lowest BCUT2D eigenvalue weighted by molar-refractivity contribution is 0.913. The summed E-state index contributed by atoms with van der Waals surface area (Å²) in [5.41, 5.74) is 3.37. The average molecular weight is 338 g/mol. The molecule has 0 radical (unpaired) electrons. The third-order valence-corrected chi connectivity index (χ3v) is 4.25. The number of rotatable bonds is 3. The zero-order valence-electron chi connectivity index (χ0n) is 11.0. The number of halogens is 3. The minimum Gasteiger partial charge on any atom is -0.248 e. The molecule has 3 aromatic rings. The summed E-state index contributed by atoms with van der Waals surface area (Å²) in [6.07, 6.45) is 1.59. The topological polar surface area (TPSA) is 25.8 Å². The van der Waals surface area contributed by atoms with E-state index in [2.05, 4.69) is 22.1 Å². The largest absolute Gasteiger partial charge is 0.248 e. The molecule has 0 bridgehead atoms. The molecule has 0 saturated heterocycles. The highest BCUT2D eigenvalue weighted by atomic mass is 35.5. The van der Waals surface area contributed by atoms with Gasteiger partial charge in [-0.15, -0.1) is 0 Å². The smallest absolute Gasteiger partial charge is 0.151 e. The van der Waals surface area contributed by atoms with Gasteiger partial charge in [-0.05, 0) is 30.5 Å². The highest BCUT2D eigenvalue weighted by molar-refractivity contribution is 6.42. The van der Waals surface area contributed by atoms with E-state index in [9.17, 15) is 0 Å². The third-order valence-electron chi connectivity index (χ3n) is 3.22. The number of nitrogens with zero attached hydrogens (tertiary/aromatic N) is 2. The first-order chi connectivity index (χ1) is 10.1. The summed E-state index contributed by atoms with van der Waals surface area (Å²) in [6.45, 7) is 0. The van der Waals surface area contributed by atoms with Crippen LogP contribution in [0.5, 0.6) is 0 Å². The Bertz CT molecular complexity index is 788. The molecular formula is C16H11Cl3N2. The first-order valence-corrected chi connectivity index (χ1v) is 7.62. The molecule has 0 amide bonds. The molecule has 0 atom stereocenters. The monoisotopic (exact) mass is 336 g/mol. The number of hydrogen-bond donors (Lipinski definition) is 0. The van der Waals surface area contributed by atoms with Gasteiger partial charge in [0, 0.05) is 0 Å². The van der Waals surface area contributed by atoms with Crippen LogP contribution in [0.2, 0.25) is 15.2 Å². The van der Waals surface area contributed by atoms with E-state index in [1.54, 1.807) is 12.1 Å². The van der Waals surface area contributed by atoms with Crippen molar-refractivity contribution >= 4 is 45.8 Å². The van der Waals surface area contributed by atoms with Crippen LogP contribution in [0.4, 0.5) is 0 Å². The van der Waals surface area contributed by atoms with Crippen LogP contribution in [0, 0.1) is 0 Å². The van der Waals surface area contributed by atoms with Crippen molar-refractivity contribution in [3.8, 4) is 0 Å². The fraction of sp³-hybridized carbons (Fsp3) is 0.125. The van der Waals surface area contributed by atoms with Crippen molar-refractivity contribution in [2.24, 2.45) is 0 Å². The van der Waals surface area contributed by atoms with Crippen LogP contribution >= 0.6 is 34.8 Å². The molecule has 0 saturated carbocycles. The van der Waals surface area contributed by atoms with Gasteiger partial charge in [0.05, 0.1) is 26.8 Å². The highest BCUT2D eigenvalue weighted by Crippen LogP contribution is 2.27. The second kappa shape index (κ2) is 6.18. The summed E-state index contributed by atoms with van der Waals surface area (Å²) >= 11 is 18.2. The maximum atomic E-state index is 6.21. The number of hydrogen-bond acceptors (Lipinski definition) is 2. The van der Waals surface area contributed by atoms with Crippen LogP contribution in [0.1, 0.15) is 11.3 Å². The highest BCUT2D eigenvalue weighted by Gasteiger charge is 2.09. The first kappa shape index (κ1) is 14.6. The van der Waals surface area contributed by atoms with Crippen molar-refractivity contribution in [3.63, 3.8) is 0 Å². The van der Waals surface area contributed by atoms with Crippen LogP contribution in [0.15, 0.2) is 42.5 Å². The second-order valence-corrected chi connectivity index (χ2v) is 5.87. The van der Waals surface area contributed by atoms with Crippen LogP contribution in [0.3, 0.4) is 0 Å². The van der Waals surface area contributed by atoms with Gasteiger partial charge in [0.15, 0.2) is 5.15 Å². The number of fused-ring (bicyclic) bond motifs is 1. The Balaban J connectivity index is 1.92. The molecule has 3 rings (SSSR count). The molecule has 0 unspecified atom stereocenters. The van der Waals surface area contributed by atoms with Crippen molar-refractivity contribution in [2.45, 2.75) is 12.8 Å². The number of aromatic nitrogens is 2. The minimum absolute atomic E-state index is 0.414. The van der Waals surface area contributed by atoms with Gasteiger partial charge in [0.25, 0.3) is 0 Å². The van der Waals surface area contributed by atoms with Crippen LogP contribution < -0.4 is 0 Å². The van der Waals surface area contributed by atoms with E-state index in [1.807, 2.05) is 18.2 Å². The Morgan fingerprint density at radius 2 is 1.38 bits per heavy atom. The first-order valence-electron chi connectivity index (χ1n) is 6.48. The molecule has 1 heterocycles. The summed E-state index contributed by atoms with van der Waals surface area (Å²) in [5, 5.41) is 1.33. The quantitative estimate of drug-likeness (QED) is 0.641. The van der Waals surface area contributed by atoms with Crippen molar-refractivity contribution in [3.05, 3.63) is 68.9 Å². The summed E-state index contributed by atoms with van der Waals surface area (Å²) < 4.78 is 0. The lowest BCUT2D eigenvalue weighted by atomic mass is 10.1. The van der Waals surface area contributed by atoms with Gasteiger partial charge in [-0.25, -0.2) is 9.97 Å². The van der Waals surface area contributed by atoms with Crippen molar-refractivity contribution in [1.82, 2.24) is 9.97 Å². The molecule has 0 spiro atoms. The second-order valence-electron chi connectivity index (χ2n) is 4.70. The van der Waals surface area contributed by atoms with Gasteiger partial charge < -0.3 is 0 Å². The summed E-state index contributed by atoms with van der Waals surface area (Å²) in [4.78, 5) is 8.90. The van der Waals surface area contributed by atoms with Gasteiger partial charge >= 0.3 is 0 Å². The van der Waals surface area contributed by atoms with Gasteiger partial charge in [-0.2, -0.15) is 0 Å². The minimum atomic E-state index is 0.414. The van der Waals surface area contributed by atoms with E-state index < -0.39 is 0 Å². The number of benzene rings is 2. The van der Waals surface area contributed by atoms with Crippen LogP contribution in [-0.4, -0.2) is 9.97 Å². The summed E-state index contributed by atoms with van der Waals surface area (Å²) in [7, 11) is 0. The summed E-state index contributed by atoms with van der Waals surface area (Å²) in [5.74, 6) is 0. The van der Waals surface area contributed by atoms with Crippen LogP contribution in [0.25, 0.3) is 11.0 Å². The van der Waals surface area contributed by atoms with Crippen molar-refractivity contribution in [1.29, 1.82) is 0 Å². The Kier molecular flexibility index (Phi) is 4.29. The number of aryl methyl sites for hydroxylation is 2. The fourth-order valence-corrected chi connectivity index (χ4v) is 2.68. The molecule has 2 aromatic carbocycles. The molecule has 0 aliphatic carbocycles. The Morgan fingerprint density at radius 3 is 2.05 bits per heavy atom. The van der Waals surface area contributed by atoms with Gasteiger partial charge in [0.1, 0.15) is 0 Å². The maximum Gasteiger partial charge on any atom is 0.151 e. The molecule has 0 aliphatic rings. The van der Waals surface area contributed by atoms with Gasteiger partial charge in [-0.3, -0.25) is 0 Å². The SMILES string of the molecule is Clc1cc2nc(Cl)c(CCc3ccccc3)nc2cc1Cl. The average Bonchev–Trinajstić information content (AvgIpc) is 2.48. The lowest BCUT2D eigenvalue weighted by Crippen LogP contribution is -1.98. The van der Waals surface area contributed by atoms with E-state index in [0.29, 0.717) is 26.2 Å². The van der Waals surface area contributed by atoms with Crippen molar-refractivity contribution < 1.29 is 0 Å². The van der Waals surface area contributed by atoms with Gasteiger partial charge in [-0.1, -0.05) is 65.1 Å². The Hall–Kier alpha value is -1.35. The van der Waals surface area contributed by atoms with E-state index in [4.69, 9.17) is 34.8 Å². The molecule has 0 fully saturated rings. The van der Waals surface area contributed by atoms with E-state index in [-0.39, 0.29) is 0 Å². The molecule has 2 nitrogen and oxygen atoms in total. The van der Waals surface area contributed by atoms with E-state index in [0.717, 1.165) is 18.5 Å². The Labute approximate surface area is 137 Å². The predicted octanol–water partition coefficient (Wildman–Crippen LogP) is 5.38. The normalized spacial score (nSPS) is 11.0. The zero-order valence-corrected chi connectivity index (χ0v) is 13.3. The standard InChI is InChI=1S/C16H11Cl3N2/c17-11-8-14-15(9-12(11)18)21-16(19)13(20-14)7-6-10-4-2-1-3-5-10/h1-5,8-9H,6-7H2. The predicted molar refractivity (Wildman–Crippen MR) is 88.4 cm³/mol. The summed E-state index contributed by atoms with van der Waals surface area (Å²) in [6, 6.07) is 13.6. The molecule has 0 aliphatic heterocycles. The lowest BCUT2D eigenvalue weighted by Gasteiger charge is -2.06. The molecule has 1 aromatic heterocycles. The maximum absolute atomic E-state index is 6.21. The molecule has 0 N–H and O–H groups in total. The molecular weight excluding hydrogens is 327 g/mol. The molecule has 5 heteroatoms. The molecule has 21 heavy (non-hydrogen) atoms. The van der Waals surface area contributed by atoms with E-state index in [1.165, 1.54) is 5.56 Å². The van der Waals surface area contributed by atoms with Crippen molar-refractivity contribution in [2.75, 3.05) is 0 Å². The van der Waals surface area contributed by atoms with E-state index >= 15 is 0 Å². The molecule has 106 valence electrons.